The van der Waals surface area contributed by atoms with E-state index in [0.717, 1.165) is 0 Å². The molecule has 1 aliphatic rings. The van der Waals surface area contributed by atoms with Crippen LogP contribution in [-0.4, -0.2) is 41.7 Å². The molecule has 0 radical (unpaired) electrons. The zero-order valence-corrected chi connectivity index (χ0v) is 13.3. The summed E-state index contributed by atoms with van der Waals surface area (Å²) in [5, 5.41) is 10.3. The van der Waals surface area contributed by atoms with Gasteiger partial charge in [0.25, 0.3) is 0 Å². The Bertz CT molecular complexity index is 327. The fourth-order valence-corrected chi connectivity index (χ4v) is 3.83. The Morgan fingerprint density at radius 3 is 2.00 bits per heavy atom. The average molecular weight is 296 g/mol. The summed E-state index contributed by atoms with van der Waals surface area (Å²) in [5.74, 6) is -2.16. The maximum absolute atomic E-state index is 12.7. The predicted molar refractivity (Wildman–Crippen MR) is 71.0 cm³/mol. The third-order valence-corrected chi connectivity index (χ3v) is 4.81. The van der Waals surface area contributed by atoms with Crippen LogP contribution in [0.15, 0.2) is 0 Å². The third-order valence-electron chi connectivity index (χ3n) is 2.40. The lowest BCUT2D eigenvalue weighted by Crippen LogP contribution is -2.33. The number of rotatable bonds is 6. The highest BCUT2D eigenvalue weighted by Crippen LogP contribution is 2.56. The molecule has 0 aliphatic carbocycles. The molecule has 0 aromatic rings. The van der Waals surface area contributed by atoms with E-state index in [9.17, 15) is 9.67 Å². The van der Waals surface area contributed by atoms with E-state index in [1.54, 1.807) is 41.5 Å². The second kappa shape index (κ2) is 6.20. The molecule has 114 valence electrons. The van der Waals surface area contributed by atoms with E-state index >= 15 is 0 Å². The molecule has 0 aromatic carbocycles. The van der Waals surface area contributed by atoms with Gasteiger partial charge in [0, 0.05) is 0 Å². The molecule has 0 aromatic heterocycles. The summed E-state index contributed by atoms with van der Waals surface area (Å²) >= 11 is 0. The van der Waals surface area contributed by atoms with Crippen molar-refractivity contribution < 1.29 is 28.2 Å². The number of aliphatic hydroxyl groups is 1. The van der Waals surface area contributed by atoms with Crippen LogP contribution in [0.5, 0.6) is 0 Å². The van der Waals surface area contributed by atoms with Gasteiger partial charge in [-0.05, 0) is 41.5 Å². The molecule has 0 unspecified atom stereocenters. The van der Waals surface area contributed by atoms with Crippen molar-refractivity contribution in [2.45, 2.75) is 71.5 Å². The highest BCUT2D eigenvalue weighted by atomic mass is 31.2. The Hall–Kier alpha value is 0.0300. The lowest BCUT2D eigenvalue weighted by Gasteiger charge is -2.29. The Kier molecular flexibility index (Phi) is 5.58. The van der Waals surface area contributed by atoms with Gasteiger partial charge in [0.15, 0.2) is 11.6 Å². The van der Waals surface area contributed by atoms with Crippen molar-refractivity contribution in [2.75, 3.05) is 6.61 Å². The monoisotopic (exact) mass is 296 g/mol. The van der Waals surface area contributed by atoms with Crippen LogP contribution in [0.2, 0.25) is 0 Å². The SMILES string of the molecule is CC(C)OP(=O)(OC(C)C)[C@H](O)[C@H]1COC(C)(C)O1. The van der Waals surface area contributed by atoms with Gasteiger partial charge >= 0.3 is 7.60 Å². The van der Waals surface area contributed by atoms with Gasteiger partial charge in [-0.15, -0.1) is 0 Å². The molecule has 19 heavy (non-hydrogen) atoms. The van der Waals surface area contributed by atoms with Gasteiger partial charge in [0.2, 0.25) is 0 Å². The van der Waals surface area contributed by atoms with Crippen LogP contribution in [0.4, 0.5) is 0 Å². The average Bonchev–Trinajstić information content (AvgIpc) is 2.55. The summed E-state index contributed by atoms with van der Waals surface area (Å²) in [6, 6.07) is 0. The molecule has 0 spiro atoms. The highest BCUT2D eigenvalue weighted by molar-refractivity contribution is 7.54. The fraction of sp³-hybridized carbons (Fsp3) is 1.00. The summed E-state index contributed by atoms with van der Waals surface area (Å²) in [4.78, 5) is 0. The molecule has 1 saturated heterocycles. The van der Waals surface area contributed by atoms with Crippen molar-refractivity contribution in [1.29, 1.82) is 0 Å². The van der Waals surface area contributed by atoms with Crippen LogP contribution in [0.1, 0.15) is 41.5 Å². The molecular formula is C12H25O6P. The minimum atomic E-state index is -3.68. The first kappa shape index (κ1) is 17.1. The van der Waals surface area contributed by atoms with E-state index in [4.69, 9.17) is 18.5 Å². The summed E-state index contributed by atoms with van der Waals surface area (Å²) in [6.07, 6.45) is -1.37. The molecule has 1 aliphatic heterocycles. The van der Waals surface area contributed by atoms with Gasteiger partial charge in [0.1, 0.15) is 6.10 Å². The molecule has 1 fully saturated rings. The maximum atomic E-state index is 12.7. The summed E-state index contributed by atoms with van der Waals surface area (Å²) < 4.78 is 34.3. The van der Waals surface area contributed by atoms with Gasteiger partial charge < -0.3 is 23.6 Å². The van der Waals surface area contributed by atoms with Gasteiger partial charge in [-0.1, -0.05) is 0 Å². The Morgan fingerprint density at radius 2 is 1.68 bits per heavy atom. The fourth-order valence-electron chi connectivity index (χ4n) is 1.80. The first-order chi connectivity index (χ1) is 8.56. The van der Waals surface area contributed by atoms with Gasteiger partial charge in [0.05, 0.1) is 18.8 Å². The molecule has 0 amide bonds. The van der Waals surface area contributed by atoms with E-state index in [0.29, 0.717) is 0 Å². The minimum Gasteiger partial charge on any atom is -0.378 e. The Balaban J connectivity index is 2.83. The van der Waals surface area contributed by atoms with Crippen LogP contribution in [-0.2, 0) is 23.1 Å². The van der Waals surface area contributed by atoms with Crippen molar-refractivity contribution in [1.82, 2.24) is 0 Å². The van der Waals surface area contributed by atoms with Crippen molar-refractivity contribution >= 4 is 7.60 Å². The van der Waals surface area contributed by atoms with Crippen LogP contribution in [0.25, 0.3) is 0 Å². The Morgan fingerprint density at radius 1 is 1.21 bits per heavy atom. The van der Waals surface area contributed by atoms with Crippen LogP contribution in [0, 0.1) is 0 Å². The molecule has 7 heteroatoms. The maximum Gasteiger partial charge on any atom is 0.362 e. The molecule has 1 rings (SSSR count). The van der Waals surface area contributed by atoms with Crippen molar-refractivity contribution in [3.05, 3.63) is 0 Å². The molecule has 0 bridgehead atoms. The lowest BCUT2D eigenvalue weighted by molar-refractivity contribution is -0.146. The predicted octanol–water partition coefficient (Wildman–Crippen LogP) is 2.50. The quantitative estimate of drug-likeness (QED) is 0.759. The second-order valence-electron chi connectivity index (χ2n) is 5.63. The number of aliphatic hydroxyl groups excluding tert-OH is 1. The zero-order valence-electron chi connectivity index (χ0n) is 12.5. The summed E-state index contributed by atoms with van der Waals surface area (Å²) in [6.45, 7) is 10.6. The van der Waals surface area contributed by atoms with Crippen molar-refractivity contribution in [2.24, 2.45) is 0 Å². The molecule has 1 N–H and O–H groups in total. The summed E-state index contributed by atoms with van der Waals surface area (Å²) in [7, 11) is -3.68. The molecular weight excluding hydrogens is 271 g/mol. The van der Waals surface area contributed by atoms with Crippen LogP contribution < -0.4 is 0 Å². The zero-order chi connectivity index (χ0) is 14.8. The third kappa shape index (κ3) is 4.81. The molecule has 1 heterocycles. The van der Waals surface area contributed by atoms with Crippen LogP contribution >= 0.6 is 7.60 Å². The lowest BCUT2D eigenvalue weighted by atomic mass is 10.4. The van der Waals surface area contributed by atoms with E-state index in [1.807, 2.05) is 0 Å². The minimum absolute atomic E-state index is 0.154. The van der Waals surface area contributed by atoms with Crippen molar-refractivity contribution in [3.8, 4) is 0 Å². The van der Waals surface area contributed by atoms with Crippen LogP contribution in [0.3, 0.4) is 0 Å². The van der Waals surface area contributed by atoms with Crippen molar-refractivity contribution in [3.63, 3.8) is 0 Å². The van der Waals surface area contributed by atoms with Gasteiger partial charge in [-0.2, -0.15) is 0 Å². The summed E-state index contributed by atoms with van der Waals surface area (Å²) in [5.41, 5.74) is 0. The largest absolute Gasteiger partial charge is 0.378 e. The molecule has 2 atom stereocenters. The number of ether oxygens (including phenoxy) is 2. The van der Waals surface area contributed by atoms with E-state index in [2.05, 4.69) is 0 Å². The van der Waals surface area contributed by atoms with Gasteiger partial charge in [-0.25, -0.2) is 0 Å². The normalized spacial score (nSPS) is 25.2. The topological polar surface area (TPSA) is 74.2 Å². The highest BCUT2D eigenvalue weighted by Gasteiger charge is 2.47. The van der Waals surface area contributed by atoms with E-state index in [1.165, 1.54) is 0 Å². The van der Waals surface area contributed by atoms with Gasteiger partial charge in [-0.3, -0.25) is 4.57 Å². The smallest absolute Gasteiger partial charge is 0.362 e. The van der Waals surface area contributed by atoms with E-state index in [-0.39, 0.29) is 18.8 Å². The first-order valence-electron chi connectivity index (χ1n) is 6.52. The Labute approximate surface area is 114 Å². The molecule has 6 nitrogen and oxygen atoms in total. The van der Waals surface area contributed by atoms with E-state index < -0.39 is 25.3 Å². The number of hydrogen-bond donors (Lipinski definition) is 1. The number of hydrogen-bond acceptors (Lipinski definition) is 6. The molecule has 0 saturated carbocycles. The first-order valence-corrected chi connectivity index (χ1v) is 8.13. The standard InChI is InChI=1S/C12H25O6P/c1-8(2)17-19(14,18-9(3)4)11(13)10-7-15-12(5,6)16-10/h8-11,13H,7H2,1-6H3/t10-,11+/m1/s1. The second-order valence-corrected chi connectivity index (χ2v) is 7.66.